The normalized spacial score (nSPS) is 28.8. The second kappa shape index (κ2) is 5.25. The zero-order chi connectivity index (χ0) is 12.4. The van der Waals surface area contributed by atoms with Gasteiger partial charge in [0.1, 0.15) is 0 Å². The number of ether oxygens (including phenoxy) is 1. The molecule has 0 aromatic heterocycles. The van der Waals surface area contributed by atoms with Crippen molar-refractivity contribution in [3.05, 3.63) is 0 Å². The molecule has 100 valence electrons. The van der Waals surface area contributed by atoms with Crippen LogP contribution in [0.15, 0.2) is 0 Å². The summed E-state index contributed by atoms with van der Waals surface area (Å²) < 4.78 is 6.29. The third kappa shape index (κ3) is 3.43. The van der Waals surface area contributed by atoms with E-state index in [0.29, 0.717) is 6.10 Å². The molecule has 0 bridgehead atoms. The molecular formula is C14H27NO2. The fraction of sp³-hybridized carbons (Fsp3) is 1.00. The van der Waals surface area contributed by atoms with Crippen molar-refractivity contribution < 1.29 is 9.84 Å². The molecule has 17 heavy (non-hydrogen) atoms. The van der Waals surface area contributed by atoms with Crippen molar-refractivity contribution in [3.63, 3.8) is 0 Å². The maximum atomic E-state index is 9.21. The number of nitrogens with one attached hydrogen (secondary N) is 1. The monoisotopic (exact) mass is 241 g/mol. The highest BCUT2D eigenvalue weighted by Gasteiger charge is 2.40. The van der Waals surface area contributed by atoms with E-state index in [9.17, 15) is 5.11 Å². The van der Waals surface area contributed by atoms with Crippen molar-refractivity contribution in [1.82, 2.24) is 5.32 Å². The number of hydrogen-bond donors (Lipinski definition) is 2. The zero-order valence-electron chi connectivity index (χ0n) is 11.3. The van der Waals surface area contributed by atoms with Crippen LogP contribution in [0.5, 0.6) is 0 Å². The van der Waals surface area contributed by atoms with Gasteiger partial charge in [0, 0.05) is 12.1 Å². The number of rotatable bonds is 4. The first-order chi connectivity index (χ1) is 8.05. The van der Waals surface area contributed by atoms with Gasteiger partial charge in [-0.2, -0.15) is 0 Å². The van der Waals surface area contributed by atoms with E-state index in [1.807, 2.05) is 13.8 Å². The van der Waals surface area contributed by atoms with Crippen LogP contribution in [-0.2, 0) is 4.74 Å². The van der Waals surface area contributed by atoms with Gasteiger partial charge in [0.15, 0.2) is 0 Å². The van der Waals surface area contributed by atoms with Crippen LogP contribution >= 0.6 is 0 Å². The molecule has 1 unspecified atom stereocenters. The second-order valence-corrected chi connectivity index (χ2v) is 6.45. The summed E-state index contributed by atoms with van der Waals surface area (Å²) in [5.74, 6) is 0. The van der Waals surface area contributed by atoms with E-state index in [0.717, 1.165) is 6.54 Å². The molecule has 0 aromatic rings. The van der Waals surface area contributed by atoms with Crippen LogP contribution < -0.4 is 5.32 Å². The van der Waals surface area contributed by atoms with E-state index in [-0.39, 0.29) is 17.7 Å². The van der Waals surface area contributed by atoms with Gasteiger partial charge in [-0.05, 0) is 39.5 Å². The highest BCUT2D eigenvalue weighted by atomic mass is 16.5. The topological polar surface area (TPSA) is 41.5 Å². The molecule has 0 radical (unpaired) electrons. The number of hydrogen-bond acceptors (Lipinski definition) is 3. The van der Waals surface area contributed by atoms with Gasteiger partial charge in [0.25, 0.3) is 0 Å². The fourth-order valence-corrected chi connectivity index (χ4v) is 3.05. The molecule has 3 nitrogen and oxygen atoms in total. The Morgan fingerprint density at radius 2 is 1.94 bits per heavy atom. The summed E-state index contributed by atoms with van der Waals surface area (Å²) in [7, 11) is 0. The minimum Gasteiger partial charge on any atom is -0.394 e. The van der Waals surface area contributed by atoms with Crippen LogP contribution in [0.3, 0.4) is 0 Å². The SMILES string of the molecule is CC(C)(CO)NCC1CCC2(CCCCC2)O1. The van der Waals surface area contributed by atoms with Crippen molar-refractivity contribution in [2.24, 2.45) is 0 Å². The van der Waals surface area contributed by atoms with Gasteiger partial charge in [-0.15, -0.1) is 0 Å². The van der Waals surface area contributed by atoms with Crippen LogP contribution in [0.2, 0.25) is 0 Å². The summed E-state index contributed by atoms with van der Waals surface area (Å²) in [6, 6.07) is 0. The fourth-order valence-electron chi connectivity index (χ4n) is 3.05. The average molecular weight is 241 g/mol. The molecule has 1 aliphatic carbocycles. The molecule has 2 rings (SSSR count). The van der Waals surface area contributed by atoms with Crippen LogP contribution in [0.1, 0.15) is 58.8 Å². The Kier molecular flexibility index (Phi) is 4.11. The third-order valence-electron chi connectivity index (χ3n) is 4.31. The Balaban J connectivity index is 1.78. The molecule has 3 heteroatoms. The Hall–Kier alpha value is -0.120. The molecule has 1 aliphatic heterocycles. The quantitative estimate of drug-likeness (QED) is 0.793. The standard InChI is InChI=1S/C14H27NO2/c1-13(2,11-16)15-10-12-6-9-14(17-12)7-4-3-5-8-14/h12,15-16H,3-11H2,1-2H3. The van der Waals surface area contributed by atoms with Crippen LogP contribution in [0, 0.1) is 0 Å². The Morgan fingerprint density at radius 1 is 1.24 bits per heavy atom. The molecule has 1 atom stereocenters. The zero-order valence-corrected chi connectivity index (χ0v) is 11.3. The summed E-state index contributed by atoms with van der Waals surface area (Å²) in [6.07, 6.45) is 9.32. The van der Waals surface area contributed by atoms with E-state index in [1.165, 1.54) is 44.9 Å². The minimum absolute atomic E-state index is 0.171. The van der Waals surface area contributed by atoms with Gasteiger partial charge in [-0.3, -0.25) is 0 Å². The first-order valence-corrected chi connectivity index (χ1v) is 7.09. The molecule has 1 heterocycles. The first-order valence-electron chi connectivity index (χ1n) is 7.09. The molecular weight excluding hydrogens is 214 g/mol. The van der Waals surface area contributed by atoms with Crippen LogP contribution in [-0.4, -0.2) is 35.5 Å². The van der Waals surface area contributed by atoms with E-state index in [1.54, 1.807) is 0 Å². The third-order valence-corrected chi connectivity index (χ3v) is 4.31. The van der Waals surface area contributed by atoms with Gasteiger partial charge in [-0.1, -0.05) is 19.3 Å². The molecule has 0 amide bonds. The lowest BCUT2D eigenvalue weighted by Crippen LogP contribution is -2.46. The lowest BCUT2D eigenvalue weighted by molar-refractivity contribution is -0.0643. The van der Waals surface area contributed by atoms with Gasteiger partial charge >= 0.3 is 0 Å². The summed E-state index contributed by atoms with van der Waals surface area (Å²) in [6.45, 7) is 5.09. The lowest BCUT2D eigenvalue weighted by Gasteiger charge is -2.34. The second-order valence-electron chi connectivity index (χ2n) is 6.45. The van der Waals surface area contributed by atoms with Crippen molar-refractivity contribution in [1.29, 1.82) is 0 Å². The van der Waals surface area contributed by atoms with Crippen molar-refractivity contribution in [2.45, 2.75) is 76.0 Å². The molecule has 2 aliphatic rings. The van der Waals surface area contributed by atoms with E-state index >= 15 is 0 Å². The smallest absolute Gasteiger partial charge is 0.0708 e. The molecule has 2 N–H and O–H groups in total. The summed E-state index contributed by atoms with van der Waals surface area (Å²) in [5.41, 5.74) is 0.0274. The van der Waals surface area contributed by atoms with Gasteiger partial charge < -0.3 is 15.2 Å². The largest absolute Gasteiger partial charge is 0.394 e. The van der Waals surface area contributed by atoms with E-state index in [2.05, 4.69) is 5.32 Å². The predicted molar refractivity (Wildman–Crippen MR) is 69.1 cm³/mol. The van der Waals surface area contributed by atoms with Gasteiger partial charge in [0.2, 0.25) is 0 Å². The first kappa shape index (κ1) is 13.3. The van der Waals surface area contributed by atoms with Gasteiger partial charge in [0.05, 0.1) is 18.3 Å². The molecule has 0 aromatic carbocycles. The van der Waals surface area contributed by atoms with E-state index in [4.69, 9.17) is 4.74 Å². The van der Waals surface area contributed by atoms with Crippen molar-refractivity contribution in [3.8, 4) is 0 Å². The van der Waals surface area contributed by atoms with Crippen LogP contribution in [0.25, 0.3) is 0 Å². The minimum atomic E-state index is -0.189. The molecule has 1 saturated carbocycles. The lowest BCUT2D eigenvalue weighted by atomic mass is 9.83. The Labute approximate surface area is 105 Å². The predicted octanol–water partition coefficient (Wildman–Crippen LogP) is 2.23. The summed E-state index contributed by atoms with van der Waals surface area (Å²) >= 11 is 0. The highest BCUT2D eigenvalue weighted by Crippen LogP contribution is 2.41. The Morgan fingerprint density at radius 3 is 2.59 bits per heavy atom. The molecule has 1 saturated heterocycles. The number of aliphatic hydroxyl groups excluding tert-OH is 1. The molecule has 1 spiro atoms. The van der Waals surface area contributed by atoms with Gasteiger partial charge in [-0.25, -0.2) is 0 Å². The highest BCUT2D eigenvalue weighted by molar-refractivity contribution is 4.92. The number of aliphatic hydroxyl groups is 1. The maximum absolute atomic E-state index is 9.21. The summed E-state index contributed by atoms with van der Waals surface area (Å²) in [4.78, 5) is 0. The van der Waals surface area contributed by atoms with Crippen LogP contribution in [0.4, 0.5) is 0 Å². The molecule has 2 fully saturated rings. The van der Waals surface area contributed by atoms with Crippen molar-refractivity contribution >= 4 is 0 Å². The maximum Gasteiger partial charge on any atom is 0.0708 e. The average Bonchev–Trinajstić information content (AvgIpc) is 2.71. The Bertz CT molecular complexity index is 247. The van der Waals surface area contributed by atoms with E-state index < -0.39 is 0 Å². The van der Waals surface area contributed by atoms with Crippen molar-refractivity contribution in [2.75, 3.05) is 13.2 Å². The summed E-state index contributed by atoms with van der Waals surface area (Å²) in [5, 5.41) is 12.6.